The van der Waals surface area contributed by atoms with Gasteiger partial charge in [0, 0.05) is 19.5 Å². The van der Waals surface area contributed by atoms with Crippen molar-refractivity contribution in [3.05, 3.63) is 132 Å². The van der Waals surface area contributed by atoms with Crippen molar-refractivity contribution in [2.75, 3.05) is 17.4 Å². The molecule has 0 saturated carbocycles. The molecule has 4 rings (SSSR count). The molecule has 0 heterocycles. The third-order valence-electron chi connectivity index (χ3n) is 7.26. The molecule has 1 N–H and O–H groups in total. The smallest absolute Gasteiger partial charge is 0.264 e. The summed E-state index contributed by atoms with van der Waals surface area (Å²) in [4.78, 5) is 29.6. The van der Waals surface area contributed by atoms with Crippen molar-refractivity contribution in [3.63, 3.8) is 0 Å². The number of hydrogen-bond donors (Lipinski definition) is 1. The molecule has 1 atom stereocenters. The van der Waals surface area contributed by atoms with E-state index in [9.17, 15) is 18.0 Å². The first-order valence-electron chi connectivity index (χ1n) is 14.6. The standard InChI is InChI=1S/C35H39N3O4S/c1-3-24-36-35(40)33(25-29-14-8-5-9-15-29)37(26-30-16-10-6-11-17-30)34(39)27-38(31-22-20-28(4-2)21-23-31)43(41,42)32-18-12-7-13-19-32/h5-23,33H,3-4,24-27H2,1-2H3,(H,36,40)/t33-/m1/s1. The molecule has 0 bridgehead atoms. The van der Waals surface area contributed by atoms with Crippen LogP contribution in [-0.2, 0) is 39.0 Å². The Balaban J connectivity index is 1.77. The topological polar surface area (TPSA) is 86.8 Å². The number of hydrogen-bond acceptors (Lipinski definition) is 4. The second kappa shape index (κ2) is 15.2. The average Bonchev–Trinajstić information content (AvgIpc) is 3.05. The Morgan fingerprint density at radius 1 is 0.721 bits per heavy atom. The summed E-state index contributed by atoms with van der Waals surface area (Å²) in [7, 11) is -4.11. The Hall–Kier alpha value is -4.43. The van der Waals surface area contributed by atoms with E-state index in [0.29, 0.717) is 12.2 Å². The van der Waals surface area contributed by atoms with E-state index in [-0.39, 0.29) is 23.8 Å². The van der Waals surface area contributed by atoms with Gasteiger partial charge in [-0.2, -0.15) is 0 Å². The molecule has 2 amide bonds. The van der Waals surface area contributed by atoms with E-state index < -0.39 is 28.5 Å². The first-order valence-corrected chi connectivity index (χ1v) is 16.1. The lowest BCUT2D eigenvalue weighted by Gasteiger charge is -2.34. The monoisotopic (exact) mass is 597 g/mol. The maximum Gasteiger partial charge on any atom is 0.264 e. The number of nitrogens with zero attached hydrogens (tertiary/aromatic N) is 2. The van der Waals surface area contributed by atoms with Gasteiger partial charge in [-0.3, -0.25) is 13.9 Å². The molecule has 43 heavy (non-hydrogen) atoms. The van der Waals surface area contributed by atoms with Crippen molar-refractivity contribution < 1.29 is 18.0 Å². The Bertz CT molecular complexity index is 1560. The lowest BCUT2D eigenvalue weighted by atomic mass is 10.0. The molecule has 0 fully saturated rings. The number of carbonyl (C=O) groups excluding carboxylic acids is 2. The number of aryl methyl sites for hydroxylation is 1. The van der Waals surface area contributed by atoms with Gasteiger partial charge in [0.05, 0.1) is 10.6 Å². The van der Waals surface area contributed by atoms with Crippen LogP contribution in [0.15, 0.2) is 120 Å². The third kappa shape index (κ3) is 8.32. The lowest BCUT2D eigenvalue weighted by molar-refractivity contribution is -0.140. The third-order valence-corrected chi connectivity index (χ3v) is 9.05. The van der Waals surface area contributed by atoms with Gasteiger partial charge < -0.3 is 10.2 Å². The molecule has 4 aromatic rings. The summed E-state index contributed by atoms with van der Waals surface area (Å²) in [6, 6.07) is 33.4. The summed E-state index contributed by atoms with van der Waals surface area (Å²) in [5.74, 6) is -0.754. The van der Waals surface area contributed by atoms with E-state index in [1.54, 1.807) is 30.3 Å². The quantitative estimate of drug-likeness (QED) is 0.205. The van der Waals surface area contributed by atoms with Crippen LogP contribution >= 0.6 is 0 Å². The minimum absolute atomic E-state index is 0.0819. The van der Waals surface area contributed by atoms with E-state index in [1.807, 2.05) is 86.6 Å². The molecule has 0 aromatic heterocycles. The highest BCUT2D eigenvalue weighted by molar-refractivity contribution is 7.92. The van der Waals surface area contributed by atoms with Crippen LogP contribution in [0.4, 0.5) is 5.69 Å². The van der Waals surface area contributed by atoms with Crippen molar-refractivity contribution in [2.45, 2.75) is 50.6 Å². The molecule has 0 aliphatic carbocycles. The van der Waals surface area contributed by atoms with Gasteiger partial charge >= 0.3 is 0 Å². The van der Waals surface area contributed by atoms with Crippen molar-refractivity contribution >= 4 is 27.5 Å². The summed E-state index contributed by atoms with van der Waals surface area (Å²) in [5.41, 5.74) is 3.16. The summed E-state index contributed by atoms with van der Waals surface area (Å²) in [5, 5.41) is 2.96. The molecule has 0 unspecified atom stereocenters. The molecule has 7 nitrogen and oxygen atoms in total. The number of amides is 2. The first-order chi connectivity index (χ1) is 20.8. The second-order valence-electron chi connectivity index (χ2n) is 10.3. The summed E-state index contributed by atoms with van der Waals surface area (Å²) in [6.07, 6.45) is 1.82. The van der Waals surface area contributed by atoms with Crippen molar-refractivity contribution in [2.24, 2.45) is 0 Å². The highest BCUT2D eigenvalue weighted by Crippen LogP contribution is 2.25. The first kappa shape index (κ1) is 31.5. The molecule has 0 aliphatic heterocycles. The lowest BCUT2D eigenvalue weighted by Crippen LogP contribution is -2.53. The molecule has 224 valence electrons. The van der Waals surface area contributed by atoms with Crippen LogP contribution in [0, 0.1) is 0 Å². The number of rotatable bonds is 14. The highest BCUT2D eigenvalue weighted by atomic mass is 32.2. The fraction of sp³-hybridized carbons (Fsp3) is 0.257. The van der Waals surface area contributed by atoms with E-state index in [2.05, 4.69) is 5.32 Å². The maximum atomic E-state index is 14.4. The van der Waals surface area contributed by atoms with Gasteiger partial charge in [-0.25, -0.2) is 8.42 Å². The normalized spacial score (nSPS) is 11.9. The molecule has 8 heteroatoms. The van der Waals surface area contributed by atoms with Gasteiger partial charge in [0.2, 0.25) is 11.8 Å². The Labute approximate surface area is 255 Å². The number of nitrogens with one attached hydrogen (secondary N) is 1. The molecule has 0 aliphatic rings. The Morgan fingerprint density at radius 2 is 1.28 bits per heavy atom. The Morgan fingerprint density at radius 3 is 1.84 bits per heavy atom. The van der Waals surface area contributed by atoms with Crippen molar-refractivity contribution in [1.29, 1.82) is 0 Å². The fourth-order valence-corrected chi connectivity index (χ4v) is 6.28. The van der Waals surface area contributed by atoms with Gasteiger partial charge in [-0.15, -0.1) is 0 Å². The zero-order valence-corrected chi connectivity index (χ0v) is 25.5. The largest absolute Gasteiger partial charge is 0.354 e. The second-order valence-corrected chi connectivity index (χ2v) is 12.2. The molecular weight excluding hydrogens is 558 g/mol. The van der Waals surface area contributed by atoms with E-state index >= 15 is 0 Å². The van der Waals surface area contributed by atoms with E-state index in [0.717, 1.165) is 33.8 Å². The average molecular weight is 598 g/mol. The zero-order chi connectivity index (χ0) is 30.7. The van der Waals surface area contributed by atoms with E-state index in [4.69, 9.17) is 0 Å². The van der Waals surface area contributed by atoms with Crippen LogP contribution in [0.1, 0.15) is 37.0 Å². The van der Waals surface area contributed by atoms with Crippen molar-refractivity contribution in [3.8, 4) is 0 Å². The van der Waals surface area contributed by atoms with Crippen LogP contribution in [0.3, 0.4) is 0 Å². The number of carbonyl (C=O) groups is 2. The zero-order valence-electron chi connectivity index (χ0n) is 24.7. The number of benzene rings is 4. The predicted molar refractivity (Wildman–Crippen MR) is 171 cm³/mol. The minimum Gasteiger partial charge on any atom is -0.354 e. The highest BCUT2D eigenvalue weighted by Gasteiger charge is 2.34. The summed E-state index contributed by atoms with van der Waals surface area (Å²) < 4.78 is 29.2. The maximum absolute atomic E-state index is 14.4. The van der Waals surface area contributed by atoms with Crippen LogP contribution in [0.2, 0.25) is 0 Å². The van der Waals surface area contributed by atoms with Gasteiger partial charge in [0.15, 0.2) is 0 Å². The van der Waals surface area contributed by atoms with Crippen molar-refractivity contribution in [1.82, 2.24) is 10.2 Å². The molecule has 0 saturated heterocycles. The molecular formula is C35H39N3O4S. The Kier molecular flexibility index (Phi) is 11.1. The molecule has 4 aromatic carbocycles. The predicted octanol–water partition coefficient (Wildman–Crippen LogP) is 5.61. The molecule has 0 spiro atoms. The van der Waals surface area contributed by atoms with Gasteiger partial charge in [-0.05, 0) is 53.8 Å². The van der Waals surface area contributed by atoms with E-state index in [1.165, 1.54) is 17.0 Å². The summed E-state index contributed by atoms with van der Waals surface area (Å²) in [6.45, 7) is 4.13. The SMILES string of the molecule is CCCNC(=O)[C@@H](Cc1ccccc1)N(Cc1ccccc1)C(=O)CN(c1ccc(CC)cc1)S(=O)(=O)c1ccccc1. The van der Waals surface area contributed by atoms with Crippen LogP contribution in [-0.4, -0.2) is 44.3 Å². The fourth-order valence-electron chi connectivity index (χ4n) is 4.85. The van der Waals surface area contributed by atoms with Crippen LogP contribution in [0.25, 0.3) is 0 Å². The van der Waals surface area contributed by atoms with Crippen LogP contribution < -0.4 is 9.62 Å². The van der Waals surface area contributed by atoms with Gasteiger partial charge in [-0.1, -0.05) is 105 Å². The van der Waals surface area contributed by atoms with Gasteiger partial charge in [0.1, 0.15) is 12.6 Å². The summed E-state index contributed by atoms with van der Waals surface area (Å²) >= 11 is 0. The van der Waals surface area contributed by atoms with Crippen LogP contribution in [0.5, 0.6) is 0 Å². The minimum atomic E-state index is -4.11. The number of sulfonamides is 1. The number of anilines is 1. The van der Waals surface area contributed by atoms with Gasteiger partial charge in [0.25, 0.3) is 10.0 Å². The molecule has 0 radical (unpaired) electrons.